The van der Waals surface area contributed by atoms with Gasteiger partial charge in [-0.15, -0.1) is 0 Å². The standard InChI is InChI=1S/C9H14N4O3/c1-3-4-5-16-8-7(13(14)15)6(2)11-9(10)12-8/h3-5H2,1-2H3,(H2,10,11,12). The molecule has 0 saturated carbocycles. The molecule has 0 atom stereocenters. The summed E-state index contributed by atoms with van der Waals surface area (Å²) in [5.41, 5.74) is 5.40. The van der Waals surface area contributed by atoms with E-state index in [-0.39, 0.29) is 23.2 Å². The van der Waals surface area contributed by atoms with Crippen LogP contribution < -0.4 is 10.5 Å². The average molecular weight is 226 g/mol. The fourth-order valence-corrected chi connectivity index (χ4v) is 1.19. The van der Waals surface area contributed by atoms with Crippen LogP contribution >= 0.6 is 0 Å². The zero-order chi connectivity index (χ0) is 12.1. The van der Waals surface area contributed by atoms with Gasteiger partial charge < -0.3 is 10.5 Å². The Bertz CT molecular complexity index is 395. The first-order valence-corrected chi connectivity index (χ1v) is 4.97. The van der Waals surface area contributed by atoms with Crippen LogP contribution in [0.2, 0.25) is 0 Å². The molecule has 1 aromatic heterocycles. The van der Waals surface area contributed by atoms with E-state index in [1.54, 1.807) is 0 Å². The highest BCUT2D eigenvalue weighted by molar-refractivity contribution is 5.47. The molecule has 0 spiro atoms. The molecule has 88 valence electrons. The number of nitrogens with zero attached hydrogens (tertiary/aromatic N) is 3. The Morgan fingerprint density at radius 2 is 2.19 bits per heavy atom. The number of aromatic nitrogens is 2. The minimum atomic E-state index is -0.559. The number of hydrogen-bond donors (Lipinski definition) is 1. The Kier molecular flexibility index (Phi) is 3.98. The van der Waals surface area contributed by atoms with E-state index in [4.69, 9.17) is 10.5 Å². The zero-order valence-corrected chi connectivity index (χ0v) is 9.27. The number of rotatable bonds is 5. The highest BCUT2D eigenvalue weighted by Crippen LogP contribution is 2.27. The van der Waals surface area contributed by atoms with Crippen molar-refractivity contribution in [3.8, 4) is 5.88 Å². The molecule has 7 nitrogen and oxygen atoms in total. The topological polar surface area (TPSA) is 104 Å². The van der Waals surface area contributed by atoms with Crippen molar-refractivity contribution in [2.24, 2.45) is 0 Å². The fraction of sp³-hybridized carbons (Fsp3) is 0.556. The lowest BCUT2D eigenvalue weighted by atomic mass is 10.3. The monoisotopic (exact) mass is 226 g/mol. The van der Waals surface area contributed by atoms with E-state index in [9.17, 15) is 10.1 Å². The minimum absolute atomic E-state index is 0.0189. The van der Waals surface area contributed by atoms with Gasteiger partial charge in [0.2, 0.25) is 5.95 Å². The third-order valence-corrected chi connectivity index (χ3v) is 1.96. The van der Waals surface area contributed by atoms with E-state index in [0.29, 0.717) is 6.61 Å². The number of nitro groups is 1. The van der Waals surface area contributed by atoms with Crippen LogP contribution in [0.25, 0.3) is 0 Å². The number of unbranched alkanes of at least 4 members (excludes halogenated alkanes) is 1. The molecule has 1 aromatic rings. The van der Waals surface area contributed by atoms with Crippen LogP contribution in [-0.2, 0) is 0 Å². The minimum Gasteiger partial charge on any atom is -0.473 e. The molecule has 0 aliphatic heterocycles. The maximum atomic E-state index is 10.8. The maximum Gasteiger partial charge on any atom is 0.352 e. The van der Waals surface area contributed by atoms with E-state index < -0.39 is 4.92 Å². The molecule has 0 amide bonds. The highest BCUT2D eigenvalue weighted by atomic mass is 16.6. The van der Waals surface area contributed by atoms with Gasteiger partial charge in [-0.05, 0) is 13.3 Å². The molecule has 0 saturated heterocycles. The van der Waals surface area contributed by atoms with Gasteiger partial charge in [-0.1, -0.05) is 13.3 Å². The largest absolute Gasteiger partial charge is 0.473 e. The third kappa shape index (κ3) is 2.78. The van der Waals surface area contributed by atoms with E-state index in [1.807, 2.05) is 6.92 Å². The van der Waals surface area contributed by atoms with Crippen LogP contribution in [0.3, 0.4) is 0 Å². The van der Waals surface area contributed by atoms with Gasteiger partial charge in [-0.25, -0.2) is 4.98 Å². The van der Waals surface area contributed by atoms with Gasteiger partial charge in [0.15, 0.2) is 0 Å². The lowest BCUT2D eigenvalue weighted by molar-refractivity contribution is -0.387. The molecule has 0 fully saturated rings. The summed E-state index contributed by atoms with van der Waals surface area (Å²) < 4.78 is 5.23. The van der Waals surface area contributed by atoms with Crippen molar-refractivity contribution in [2.75, 3.05) is 12.3 Å². The first-order valence-electron chi connectivity index (χ1n) is 4.97. The number of nitrogen functional groups attached to an aromatic ring is 1. The van der Waals surface area contributed by atoms with Crippen LogP contribution in [0.4, 0.5) is 11.6 Å². The second-order valence-electron chi connectivity index (χ2n) is 3.28. The van der Waals surface area contributed by atoms with Crippen molar-refractivity contribution in [1.29, 1.82) is 0 Å². The number of ether oxygens (including phenoxy) is 1. The van der Waals surface area contributed by atoms with Crippen molar-refractivity contribution in [2.45, 2.75) is 26.7 Å². The van der Waals surface area contributed by atoms with Crippen LogP contribution in [0.5, 0.6) is 5.88 Å². The second kappa shape index (κ2) is 5.24. The quantitative estimate of drug-likeness (QED) is 0.463. The van der Waals surface area contributed by atoms with Crippen LogP contribution in [0, 0.1) is 17.0 Å². The Balaban J connectivity index is 2.99. The van der Waals surface area contributed by atoms with E-state index in [0.717, 1.165) is 12.8 Å². The van der Waals surface area contributed by atoms with Crippen LogP contribution in [0.1, 0.15) is 25.5 Å². The van der Waals surface area contributed by atoms with Gasteiger partial charge in [0.05, 0.1) is 11.5 Å². The molecular weight excluding hydrogens is 212 g/mol. The van der Waals surface area contributed by atoms with Gasteiger partial charge in [-0.2, -0.15) is 4.98 Å². The summed E-state index contributed by atoms with van der Waals surface area (Å²) in [6, 6.07) is 0. The summed E-state index contributed by atoms with van der Waals surface area (Å²) in [4.78, 5) is 17.7. The maximum absolute atomic E-state index is 10.8. The smallest absolute Gasteiger partial charge is 0.352 e. The Morgan fingerprint density at radius 1 is 1.50 bits per heavy atom. The number of aryl methyl sites for hydroxylation is 1. The molecule has 1 heterocycles. The molecule has 2 N–H and O–H groups in total. The molecule has 0 unspecified atom stereocenters. The Morgan fingerprint density at radius 3 is 2.75 bits per heavy atom. The van der Waals surface area contributed by atoms with Crippen LogP contribution in [0.15, 0.2) is 0 Å². The lowest BCUT2D eigenvalue weighted by Crippen LogP contribution is -2.07. The summed E-state index contributed by atoms with van der Waals surface area (Å²) in [6.07, 6.45) is 1.74. The molecule has 0 radical (unpaired) electrons. The number of nitrogens with two attached hydrogens (primary N) is 1. The van der Waals surface area contributed by atoms with E-state index in [2.05, 4.69) is 9.97 Å². The fourth-order valence-electron chi connectivity index (χ4n) is 1.19. The van der Waals surface area contributed by atoms with Crippen molar-refractivity contribution in [3.63, 3.8) is 0 Å². The summed E-state index contributed by atoms with van der Waals surface area (Å²) in [5, 5.41) is 10.8. The van der Waals surface area contributed by atoms with Gasteiger partial charge in [0.1, 0.15) is 5.69 Å². The molecule has 0 aliphatic carbocycles. The van der Waals surface area contributed by atoms with Crippen molar-refractivity contribution < 1.29 is 9.66 Å². The summed E-state index contributed by atoms with van der Waals surface area (Å²) in [5.74, 6) is -0.0713. The number of anilines is 1. The summed E-state index contributed by atoms with van der Waals surface area (Å²) in [6.45, 7) is 3.88. The van der Waals surface area contributed by atoms with E-state index >= 15 is 0 Å². The average Bonchev–Trinajstić information content (AvgIpc) is 2.16. The molecule has 1 rings (SSSR count). The van der Waals surface area contributed by atoms with E-state index in [1.165, 1.54) is 6.92 Å². The molecule has 7 heteroatoms. The summed E-state index contributed by atoms with van der Waals surface area (Å²) in [7, 11) is 0. The molecule has 0 bridgehead atoms. The predicted molar refractivity (Wildman–Crippen MR) is 58.2 cm³/mol. The van der Waals surface area contributed by atoms with Gasteiger partial charge in [0.25, 0.3) is 5.88 Å². The Labute approximate surface area is 92.8 Å². The van der Waals surface area contributed by atoms with Crippen molar-refractivity contribution in [1.82, 2.24) is 9.97 Å². The Hall–Kier alpha value is -1.92. The predicted octanol–water partition coefficient (Wildman–Crippen LogP) is 1.45. The zero-order valence-electron chi connectivity index (χ0n) is 9.27. The second-order valence-corrected chi connectivity index (χ2v) is 3.28. The van der Waals surface area contributed by atoms with Gasteiger partial charge >= 0.3 is 5.69 Å². The first kappa shape index (κ1) is 12.2. The SMILES string of the molecule is CCCCOc1nc(N)nc(C)c1[N+](=O)[O-]. The lowest BCUT2D eigenvalue weighted by Gasteiger charge is -2.06. The molecule has 16 heavy (non-hydrogen) atoms. The first-order chi connectivity index (χ1) is 7.56. The summed E-state index contributed by atoms with van der Waals surface area (Å²) >= 11 is 0. The number of hydrogen-bond acceptors (Lipinski definition) is 6. The molecule has 0 aliphatic rings. The third-order valence-electron chi connectivity index (χ3n) is 1.96. The molecule has 0 aromatic carbocycles. The highest BCUT2D eigenvalue weighted by Gasteiger charge is 2.22. The molecular formula is C9H14N4O3. The van der Waals surface area contributed by atoms with Gasteiger partial charge in [-0.3, -0.25) is 10.1 Å². The van der Waals surface area contributed by atoms with Crippen LogP contribution in [-0.4, -0.2) is 21.5 Å². The van der Waals surface area contributed by atoms with Crippen molar-refractivity contribution >= 4 is 11.6 Å². The normalized spacial score (nSPS) is 10.1. The van der Waals surface area contributed by atoms with Crippen molar-refractivity contribution in [3.05, 3.63) is 15.8 Å². The van der Waals surface area contributed by atoms with Gasteiger partial charge in [0, 0.05) is 0 Å².